The Morgan fingerprint density at radius 3 is 2.01 bits per heavy atom. The molecule has 0 radical (unpaired) electrons. The molecule has 26 nitrogen and oxygen atoms in total. The topological polar surface area (TPSA) is 406 Å². The Labute approximate surface area is 431 Å². The summed E-state index contributed by atoms with van der Waals surface area (Å²) in [4.78, 5) is 145. The Kier molecular flexibility index (Phi) is 20.0. The second-order valence-electron chi connectivity index (χ2n) is 17.5. The number of benzene rings is 2. The smallest absolute Gasteiger partial charge is 0.325 e. The van der Waals surface area contributed by atoms with E-state index < -0.39 is 127 Å². The van der Waals surface area contributed by atoms with Crippen molar-refractivity contribution in [1.29, 1.82) is 5.41 Å². The molecule has 0 aliphatic carbocycles. The molecule has 16 N–H and O–H groups in total. The SMILES string of the molecule is N=C(N)NCCC[C@@H]1NC(=O)[C@@H](Cc2ccccc2)NC(=O)[C@H](CC2CN=CN2)NC(=O)C(CCC(=O)O)NC(=O)[C@@H](N2C(=O)CNC2=O)CSSC[C@@H](C(N)=O)NC(=O)[C@H](Cc2c[nH]c3ccccc23)NC1=O. The fourth-order valence-corrected chi connectivity index (χ4v) is 10.6. The number of aromatic amines is 1. The number of fused-ring (bicyclic) bond motifs is 1. The maximum atomic E-state index is 14.7. The summed E-state index contributed by atoms with van der Waals surface area (Å²) >= 11 is 0. The van der Waals surface area contributed by atoms with Gasteiger partial charge in [-0.25, -0.2) is 9.69 Å². The predicted octanol–water partition coefficient (Wildman–Crippen LogP) is -2.82. The van der Waals surface area contributed by atoms with E-state index in [0.717, 1.165) is 32.5 Å². The molecular weight excluding hydrogens is 1000 g/mol. The van der Waals surface area contributed by atoms with E-state index in [4.69, 9.17) is 16.9 Å². The molecule has 8 atom stereocenters. The van der Waals surface area contributed by atoms with Crippen molar-refractivity contribution in [1.82, 2.24) is 57.7 Å². The quantitative estimate of drug-likeness (QED) is 0.0240. The second-order valence-corrected chi connectivity index (χ2v) is 20.1. The largest absolute Gasteiger partial charge is 0.481 e. The standard InChI is InChI=1S/C46H59N15O11S2/c47-38(65)34-21-73-74-22-35(61-36(62)20-53-46(61)72)44(71)56-30(12-13-37(63)64)40(67)59-33(17-26-19-50-23-54-26)43(70)57-31(15-24-7-2-1-3-8-24)41(68)55-29(11-6-14-51-45(48)49)39(66)58-32(42(69)60-34)16-25-18-52-28-10-5-4-9-27(25)28/h1-5,7-10,18,23,26,29-35,52H,6,11-17,19-22H2,(H2,47,65)(H,50,54)(H,53,72)(H,55,68)(H,56,71)(H,57,70)(H,58,66)(H,59,67)(H,60,69)(H,63,64)(H4,48,49,51)/t26?,29-,30?,31+,32-,33-,34-,35-/m0/s1. The van der Waals surface area contributed by atoms with E-state index in [9.17, 15) is 53.1 Å². The summed E-state index contributed by atoms with van der Waals surface area (Å²) in [5.41, 5.74) is 13.2. The number of carboxylic acids is 1. The average Bonchev–Trinajstić information content (AvgIpc) is 4.12. The first-order valence-electron chi connectivity index (χ1n) is 23.6. The highest BCUT2D eigenvalue weighted by molar-refractivity contribution is 8.76. The zero-order valence-electron chi connectivity index (χ0n) is 39.9. The molecule has 2 saturated heterocycles. The molecule has 0 bridgehead atoms. The lowest BCUT2D eigenvalue weighted by atomic mass is 10.0. The van der Waals surface area contributed by atoms with E-state index >= 15 is 0 Å². The van der Waals surface area contributed by atoms with Gasteiger partial charge in [-0.2, -0.15) is 0 Å². The summed E-state index contributed by atoms with van der Waals surface area (Å²) in [6.07, 6.45) is 1.61. The van der Waals surface area contributed by atoms with Gasteiger partial charge in [0.15, 0.2) is 5.96 Å². The van der Waals surface area contributed by atoms with Crippen molar-refractivity contribution < 1.29 is 53.1 Å². The van der Waals surface area contributed by atoms with Crippen molar-refractivity contribution in [2.24, 2.45) is 16.5 Å². The fourth-order valence-electron chi connectivity index (χ4n) is 8.24. The van der Waals surface area contributed by atoms with Crippen LogP contribution in [0.3, 0.4) is 0 Å². The van der Waals surface area contributed by atoms with Crippen LogP contribution >= 0.6 is 21.6 Å². The molecule has 10 amide bonds. The van der Waals surface area contributed by atoms with Crippen LogP contribution in [0, 0.1) is 5.41 Å². The first-order chi connectivity index (χ1) is 35.5. The number of amides is 10. The van der Waals surface area contributed by atoms with Gasteiger partial charge in [0.05, 0.1) is 19.4 Å². The Balaban J connectivity index is 1.40. The predicted molar refractivity (Wildman–Crippen MR) is 273 cm³/mol. The first kappa shape index (κ1) is 55.4. The number of aromatic nitrogens is 1. The number of nitrogens with zero attached hydrogens (tertiary/aromatic N) is 2. The lowest BCUT2D eigenvalue weighted by Crippen LogP contribution is -2.61. The summed E-state index contributed by atoms with van der Waals surface area (Å²) in [7, 11) is 1.84. The van der Waals surface area contributed by atoms with Crippen molar-refractivity contribution >= 4 is 104 Å². The summed E-state index contributed by atoms with van der Waals surface area (Å²) in [6.45, 7) is -0.165. The number of aliphatic imine (C=N–C) groups is 1. The summed E-state index contributed by atoms with van der Waals surface area (Å²) in [6, 6.07) is 3.98. The zero-order valence-corrected chi connectivity index (χ0v) is 41.5. The number of imide groups is 1. The summed E-state index contributed by atoms with van der Waals surface area (Å²) < 4.78 is 0. The number of primary amides is 1. The number of rotatable bonds is 15. The lowest BCUT2D eigenvalue weighted by molar-refractivity contribution is -0.139. The number of nitrogens with two attached hydrogens (primary N) is 2. The van der Waals surface area contributed by atoms with Crippen LogP contribution in [0.4, 0.5) is 4.79 Å². The van der Waals surface area contributed by atoms with Crippen molar-refractivity contribution in [3.05, 3.63) is 71.9 Å². The van der Waals surface area contributed by atoms with Crippen molar-refractivity contribution in [3.8, 4) is 0 Å². The van der Waals surface area contributed by atoms with Gasteiger partial charge >= 0.3 is 12.0 Å². The number of para-hydroxylation sites is 1. The molecule has 3 aromatic rings. The van der Waals surface area contributed by atoms with Crippen molar-refractivity contribution in [2.75, 3.05) is 31.1 Å². The van der Waals surface area contributed by atoms with Gasteiger partial charge < -0.3 is 69.4 Å². The third-order valence-corrected chi connectivity index (χ3v) is 14.5. The van der Waals surface area contributed by atoms with Gasteiger partial charge in [-0.1, -0.05) is 70.1 Å². The molecule has 3 aliphatic heterocycles. The van der Waals surface area contributed by atoms with Crippen LogP contribution in [0.1, 0.15) is 43.2 Å². The maximum Gasteiger partial charge on any atom is 0.325 e. The Hall–Kier alpha value is -7.88. The van der Waals surface area contributed by atoms with Crippen LogP contribution in [0.15, 0.2) is 65.8 Å². The third kappa shape index (κ3) is 15.8. The van der Waals surface area contributed by atoms with Crippen LogP contribution in [-0.2, 0) is 56.0 Å². The molecule has 1 aromatic heterocycles. The van der Waals surface area contributed by atoms with E-state index in [1.807, 2.05) is 12.1 Å². The molecule has 2 fully saturated rings. The molecule has 0 saturated carbocycles. The Morgan fingerprint density at radius 2 is 1.35 bits per heavy atom. The Morgan fingerprint density at radius 1 is 0.743 bits per heavy atom. The minimum absolute atomic E-state index is 0.0791. The Bertz CT molecular complexity index is 2600. The molecular formula is C46H59N15O11S2. The van der Waals surface area contributed by atoms with Crippen LogP contribution in [0.2, 0.25) is 0 Å². The minimum atomic E-state index is -1.66. The second kappa shape index (κ2) is 26.7. The molecule has 74 heavy (non-hydrogen) atoms. The molecule has 4 heterocycles. The first-order valence-corrected chi connectivity index (χ1v) is 26.0. The van der Waals surface area contributed by atoms with Gasteiger partial charge in [-0.15, -0.1) is 0 Å². The van der Waals surface area contributed by atoms with Gasteiger partial charge in [-0.05, 0) is 42.9 Å². The molecule has 3 aliphatic rings. The molecule has 396 valence electrons. The van der Waals surface area contributed by atoms with Gasteiger partial charge in [-0.3, -0.25) is 53.6 Å². The molecule has 2 aromatic carbocycles. The van der Waals surface area contributed by atoms with Crippen LogP contribution in [0.25, 0.3) is 10.9 Å². The summed E-state index contributed by atoms with van der Waals surface area (Å²) in [5, 5.41) is 41.9. The minimum Gasteiger partial charge on any atom is -0.481 e. The number of guanidine groups is 1. The van der Waals surface area contributed by atoms with E-state index in [0.29, 0.717) is 16.0 Å². The maximum absolute atomic E-state index is 14.7. The number of aliphatic carboxylic acids is 1. The summed E-state index contributed by atoms with van der Waals surface area (Å²) in [5.74, 6) is -9.50. The van der Waals surface area contributed by atoms with E-state index in [-0.39, 0.29) is 62.7 Å². The van der Waals surface area contributed by atoms with Crippen molar-refractivity contribution in [2.45, 2.75) is 93.3 Å². The molecule has 6 rings (SSSR count). The molecule has 28 heteroatoms. The number of H-pyrrole nitrogens is 1. The zero-order chi connectivity index (χ0) is 53.3. The van der Waals surface area contributed by atoms with E-state index in [2.05, 4.69) is 57.8 Å². The van der Waals surface area contributed by atoms with Crippen LogP contribution in [0.5, 0.6) is 0 Å². The number of nitrogens with one attached hydrogen (secondary N) is 11. The number of hydrogen-bond acceptors (Lipinski definition) is 15. The highest BCUT2D eigenvalue weighted by atomic mass is 33.1. The molecule has 0 spiro atoms. The van der Waals surface area contributed by atoms with Gasteiger partial charge in [0.1, 0.15) is 42.3 Å². The number of carbonyl (C=O) groups is 10. The van der Waals surface area contributed by atoms with Crippen LogP contribution < -0.4 is 59.3 Å². The van der Waals surface area contributed by atoms with Gasteiger partial charge in [0.25, 0.3) is 5.91 Å². The number of carboxylic acid groups (broad SMARTS) is 1. The number of carbonyl (C=O) groups excluding carboxylic acids is 9. The lowest BCUT2D eigenvalue weighted by Gasteiger charge is -2.29. The molecule has 2 unspecified atom stereocenters. The number of hydrogen-bond donors (Lipinski definition) is 14. The monoisotopic (exact) mass is 1060 g/mol. The highest BCUT2D eigenvalue weighted by Crippen LogP contribution is 2.26. The third-order valence-electron chi connectivity index (χ3n) is 12.1. The highest BCUT2D eigenvalue weighted by Gasteiger charge is 2.41. The van der Waals surface area contributed by atoms with Gasteiger partial charge in [0, 0.05) is 60.5 Å². The average molecular weight is 1060 g/mol. The number of urea groups is 1. The van der Waals surface area contributed by atoms with Crippen LogP contribution in [-0.4, -0.2) is 166 Å². The van der Waals surface area contributed by atoms with E-state index in [1.54, 1.807) is 48.7 Å². The van der Waals surface area contributed by atoms with Gasteiger partial charge in [0.2, 0.25) is 41.4 Å². The fraction of sp³-hybridized carbons (Fsp3) is 0.435. The van der Waals surface area contributed by atoms with Crippen molar-refractivity contribution in [3.63, 3.8) is 0 Å². The normalized spacial score (nSPS) is 24.8. The van der Waals surface area contributed by atoms with E-state index in [1.165, 1.54) is 6.34 Å².